The van der Waals surface area contributed by atoms with E-state index in [-0.39, 0.29) is 17.9 Å². The highest BCUT2D eigenvalue weighted by atomic mass is 16.2. The van der Waals surface area contributed by atoms with Crippen molar-refractivity contribution in [3.63, 3.8) is 0 Å². The van der Waals surface area contributed by atoms with Crippen LogP contribution in [0, 0.1) is 0 Å². The average molecular weight is 303 g/mol. The molecule has 2 amide bonds. The minimum atomic E-state index is -0.118. The minimum absolute atomic E-state index is 0.0705. The Hall–Kier alpha value is -1.88. The Morgan fingerprint density at radius 1 is 1.14 bits per heavy atom. The lowest BCUT2D eigenvalue weighted by atomic mass is 10.1. The maximum Gasteiger partial charge on any atom is 0.251 e. The normalized spacial score (nSPS) is 16.8. The average Bonchev–Trinajstić information content (AvgIpc) is 2.48. The second-order valence-electron chi connectivity index (χ2n) is 5.99. The Morgan fingerprint density at radius 2 is 1.77 bits per heavy atom. The highest BCUT2D eigenvalue weighted by Gasteiger charge is 2.15. The van der Waals surface area contributed by atoms with Crippen molar-refractivity contribution in [2.24, 2.45) is 0 Å². The second-order valence-corrected chi connectivity index (χ2v) is 5.99. The summed E-state index contributed by atoms with van der Waals surface area (Å²) in [6.07, 6.45) is 3.83. The molecule has 120 valence electrons. The molecule has 1 fully saturated rings. The van der Waals surface area contributed by atoms with E-state index in [1.54, 1.807) is 24.3 Å². The molecule has 1 aromatic rings. The number of piperidine rings is 1. The van der Waals surface area contributed by atoms with E-state index in [2.05, 4.69) is 15.5 Å². The van der Waals surface area contributed by atoms with Crippen molar-refractivity contribution in [1.29, 1.82) is 0 Å². The Labute approximate surface area is 132 Å². The molecular weight excluding hydrogens is 278 g/mol. The van der Waals surface area contributed by atoms with E-state index in [1.807, 2.05) is 6.92 Å². The van der Waals surface area contributed by atoms with E-state index < -0.39 is 0 Å². The van der Waals surface area contributed by atoms with E-state index in [0.717, 1.165) is 19.6 Å². The van der Waals surface area contributed by atoms with Crippen LogP contribution in [0.2, 0.25) is 0 Å². The first-order valence-electron chi connectivity index (χ1n) is 7.95. The van der Waals surface area contributed by atoms with Gasteiger partial charge in [0, 0.05) is 30.8 Å². The minimum Gasteiger partial charge on any atom is -0.348 e. The van der Waals surface area contributed by atoms with Crippen LogP contribution >= 0.6 is 0 Å². The lowest BCUT2D eigenvalue weighted by molar-refractivity contribution is -0.114. The number of carbonyl (C=O) groups excluding carboxylic acids is 2. The SMILES string of the molecule is CC(=O)Nc1ccc(C(=O)N[C@@H](C)CN2CCCCC2)cc1. The highest BCUT2D eigenvalue weighted by Crippen LogP contribution is 2.11. The topological polar surface area (TPSA) is 61.4 Å². The lowest BCUT2D eigenvalue weighted by Crippen LogP contribution is -2.43. The Bertz CT molecular complexity index is 507. The maximum absolute atomic E-state index is 12.2. The molecule has 1 aliphatic heterocycles. The monoisotopic (exact) mass is 303 g/mol. The molecule has 1 atom stereocenters. The number of amides is 2. The van der Waals surface area contributed by atoms with Gasteiger partial charge in [0.15, 0.2) is 0 Å². The van der Waals surface area contributed by atoms with Crippen LogP contribution in [-0.2, 0) is 4.79 Å². The van der Waals surface area contributed by atoms with E-state index in [1.165, 1.54) is 26.2 Å². The fraction of sp³-hybridized carbons (Fsp3) is 0.529. The molecule has 0 radical (unpaired) electrons. The summed E-state index contributed by atoms with van der Waals surface area (Å²) in [7, 11) is 0. The van der Waals surface area contributed by atoms with Crippen molar-refractivity contribution in [1.82, 2.24) is 10.2 Å². The molecule has 0 saturated carbocycles. The van der Waals surface area contributed by atoms with Gasteiger partial charge in [-0.3, -0.25) is 9.59 Å². The van der Waals surface area contributed by atoms with E-state index >= 15 is 0 Å². The Kier molecular flexibility index (Phi) is 5.95. The molecule has 0 aliphatic carbocycles. The van der Waals surface area contributed by atoms with Gasteiger partial charge in [-0.1, -0.05) is 6.42 Å². The van der Waals surface area contributed by atoms with Crippen molar-refractivity contribution in [2.45, 2.75) is 39.2 Å². The largest absolute Gasteiger partial charge is 0.348 e. The number of nitrogens with zero attached hydrogens (tertiary/aromatic N) is 1. The van der Waals surface area contributed by atoms with Crippen LogP contribution in [0.25, 0.3) is 0 Å². The Balaban J connectivity index is 1.84. The van der Waals surface area contributed by atoms with Gasteiger partial charge in [-0.25, -0.2) is 0 Å². The molecule has 0 spiro atoms. The molecule has 0 bridgehead atoms. The van der Waals surface area contributed by atoms with Gasteiger partial charge in [0.25, 0.3) is 5.91 Å². The van der Waals surface area contributed by atoms with Gasteiger partial charge in [0.2, 0.25) is 5.91 Å². The summed E-state index contributed by atoms with van der Waals surface area (Å²) >= 11 is 0. The molecule has 0 aromatic heterocycles. The highest BCUT2D eigenvalue weighted by molar-refractivity contribution is 5.95. The summed E-state index contributed by atoms with van der Waals surface area (Å²) in [5.74, 6) is -0.189. The zero-order chi connectivity index (χ0) is 15.9. The van der Waals surface area contributed by atoms with Crippen LogP contribution < -0.4 is 10.6 Å². The van der Waals surface area contributed by atoms with Crippen LogP contribution in [0.15, 0.2) is 24.3 Å². The van der Waals surface area contributed by atoms with Gasteiger partial charge in [-0.2, -0.15) is 0 Å². The van der Waals surface area contributed by atoms with Gasteiger partial charge in [-0.15, -0.1) is 0 Å². The molecule has 1 aliphatic rings. The van der Waals surface area contributed by atoms with Crippen LogP contribution in [-0.4, -0.2) is 42.4 Å². The standard InChI is InChI=1S/C17H25N3O2/c1-13(12-20-10-4-3-5-11-20)18-17(22)15-6-8-16(9-7-15)19-14(2)21/h6-9,13H,3-5,10-12H2,1-2H3,(H,18,22)(H,19,21)/t13-/m0/s1. The molecule has 1 saturated heterocycles. The number of nitrogens with one attached hydrogen (secondary N) is 2. The predicted octanol–water partition coefficient (Wildman–Crippen LogP) is 2.25. The lowest BCUT2D eigenvalue weighted by Gasteiger charge is -2.29. The van der Waals surface area contributed by atoms with Crippen LogP contribution in [0.5, 0.6) is 0 Å². The van der Waals surface area contributed by atoms with Crippen molar-refractivity contribution < 1.29 is 9.59 Å². The predicted molar refractivity (Wildman–Crippen MR) is 88.0 cm³/mol. The number of benzene rings is 1. The summed E-state index contributed by atoms with van der Waals surface area (Å²) in [5, 5.41) is 5.72. The third kappa shape index (κ3) is 5.15. The molecule has 5 nitrogen and oxygen atoms in total. The first-order chi connectivity index (χ1) is 10.5. The summed E-state index contributed by atoms with van der Waals surface area (Å²) in [4.78, 5) is 25.6. The fourth-order valence-electron chi connectivity index (χ4n) is 2.79. The van der Waals surface area contributed by atoms with E-state index in [4.69, 9.17) is 0 Å². The van der Waals surface area contributed by atoms with Crippen molar-refractivity contribution >= 4 is 17.5 Å². The summed E-state index contributed by atoms with van der Waals surface area (Å²) in [5.41, 5.74) is 1.31. The molecule has 2 N–H and O–H groups in total. The number of carbonyl (C=O) groups is 2. The molecule has 0 unspecified atom stereocenters. The zero-order valence-corrected chi connectivity index (χ0v) is 13.4. The van der Waals surface area contributed by atoms with Crippen molar-refractivity contribution in [3.05, 3.63) is 29.8 Å². The first kappa shape index (κ1) is 16.5. The van der Waals surface area contributed by atoms with Gasteiger partial charge in [0.05, 0.1) is 0 Å². The molecule has 1 heterocycles. The quantitative estimate of drug-likeness (QED) is 0.877. The zero-order valence-electron chi connectivity index (χ0n) is 13.4. The van der Waals surface area contributed by atoms with Gasteiger partial charge in [0.1, 0.15) is 0 Å². The van der Waals surface area contributed by atoms with Gasteiger partial charge < -0.3 is 15.5 Å². The molecule has 22 heavy (non-hydrogen) atoms. The first-order valence-corrected chi connectivity index (χ1v) is 7.95. The second kappa shape index (κ2) is 7.94. The number of hydrogen-bond acceptors (Lipinski definition) is 3. The third-order valence-electron chi connectivity index (χ3n) is 3.83. The molecule has 5 heteroatoms. The van der Waals surface area contributed by atoms with Crippen molar-refractivity contribution in [3.8, 4) is 0 Å². The summed E-state index contributed by atoms with van der Waals surface area (Å²) in [6, 6.07) is 7.07. The molecule has 2 rings (SSSR count). The maximum atomic E-state index is 12.2. The number of hydrogen-bond donors (Lipinski definition) is 2. The molecule has 1 aromatic carbocycles. The van der Waals surface area contributed by atoms with E-state index in [0.29, 0.717) is 11.3 Å². The smallest absolute Gasteiger partial charge is 0.251 e. The number of anilines is 1. The van der Waals surface area contributed by atoms with Crippen LogP contribution in [0.4, 0.5) is 5.69 Å². The third-order valence-corrected chi connectivity index (χ3v) is 3.83. The summed E-state index contributed by atoms with van der Waals surface area (Å²) < 4.78 is 0. The number of likely N-dealkylation sites (tertiary alicyclic amines) is 1. The van der Waals surface area contributed by atoms with Crippen LogP contribution in [0.1, 0.15) is 43.5 Å². The van der Waals surface area contributed by atoms with Gasteiger partial charge >= 0.3 is 0 Å². The van der Waals surface area contributed by atoms with E-state index in [9.17, 15) is 9.59 Å². The van der Waals surface area contributed by atoms with Crippen LogP contribution in [0.3, 0.4) is 0 Å². The number of rotatable bonds is 5. The van der Waals surface area contributed by atoms with Gasteiger partial charge in [-0.05, 0) is 57.1 Å². The van der Waals surface area contributed by atoms with Crippen molar-refractivity contribution in [2.75, 3.05) is 25.0 Å². The Morgan fingerprint density at radius 3 is 2.36 bits per heavy atom. The molecular formula is C17H25N3O2. The fourth-order valence-corrected chi connectivity index (χ4v) is 2.79. The summed E-state index contributed by atoms with van der Waals surface area (Å²) in [6.45, 7) is 6.66.